The first-order valence-corrected chi connectivity index (χ1v) is 9.47. The van der Waals surface area contributed by atoms with Gasteiger partial charge in [-0.1, -0.05) is 23.9 Å². The molecular formula is C20H16N4O3S. The number of hydrogen-bond donors (Lipinski definition) is 2. The number of nitrogens with one attached hydrogen (secondary N) is 2. The second kappa shape index (κ2) is 7.69. The monoisotopic (exact) mass is 392 g/mol. The van der Waals surface area contributed by atoms with Crippen LogP contribution in [-0.4, -0.2) is 27.0 Å². The minimum atomic E-state index is -0.247. The average Bonchev–Trinajstić information content (AvgIpc) is 2.72. The van der Waals surface area contributed by atoms with Crippen molar-refractivity contribution < 1.29 is 4.74 Å². The van der Waals surface area contributed by atoms with Gasteiger partial charge in [-0.25, -0.2) is 9.97 Å². The second-order valence-corrected chi connectivity index (χ2v) is 6.95. The molecule has 0 fully saturated rings. The molecule has 28 heavy (non-hydrogen) atoms. The first-order chi connectivity index (χ1) is 13.6. The van der Waals surface area contributed by atoms with Gasteiger partial charge in [0.15, 0.2) is 5.16 Å². The molecule has 2 aromatic carbocycles. The molecule has 0 spiro atoms. The van der Waals surface area contributed by atoms with Crippen molar-refractivity contribution in [3.05, 3.63) is 81.1 Å². The Morgan fingerprint density at radius 1 is 1.00 bits per heavy atom. The zero-order chi connectivity index (χ0) is 19.5. The lowest BCUT2D eigenvalue weighted by atomic mass is 10.1. The molecule has 0 bridgehead atoms. The third kappa shape index (κ3) is 3.81. The number of nitrogens with zero attached hydrogens (tertiary/aromatic N) is 2. The van der Waals surface area contributed by atoms with Crippen LogP contribution in [0.5, 0.6) is 5.75 Å². The molecule has 0 radical (unpaired) electrons. The summed E-state index contributed by atoms with van der Waals surface area (Å²) in [5.41, 5.74) is 1.58. The number of fused-ring (bicyclic) bond motifs is 1. The zero-order valence-electron chi connectivity index (χ0n) is 14.9. The highest BCUT2D eigenvalue weighted by atomic mass is 32.2. The topological polar surface area (TPSA) is 101 Å². The number of H-pyrrole nitrogens is 2. The van der Waals surface area contributed by atoms with Gasteiger partial charge < -0.3 is 14.7 Å². The molecule has 7 nitrogen and oxygen atoms in total. The lowest BCUT2D eigenvalue weighted by molar-refractivity contribution is 0.415. The van der Waals surface area contributed by atoms with Crippen LogP contribution in [0, 0.1) is 0 Å². The zero-order valence-corrected chi connectivity index (χ0v) is 15.7. The Morgan fingerprint density at radius 2 is 1.79 bits per heavy atom. The van der Waals surface area contributed by atoms with Gasteiger partial charge in [-0.3, -0.25) is 9.59 Å². The maximum absolute atomic E-state index is 12.2. The van der Waals surface area contributed by atoms with E-state index in [9.17, 15) is 9.59 Å². The summed E-state index contributed by atoms with van der Waals surface area (Å²) in [6, 6.07) is 15.9. The molecule has 0 aliphatic heterocycles. The van der Waals surface area contributed by atoms with Gasteiger partial charge in [0.2, 0.25) is 0 Å². The summed E-state index contributed by atoms with van der Waals surface area (Å²) >= 11 is 1.30. The molecule has 0 amide bonds. The van der Waals surface area contributed by atoms with Gasteiger partial charge in [-0.2, -0.15) is 0 Å². The highest BCUT2D eigenvalue weighted by Crippen LogP contribution is 2.23. The van der Waals surface area contributed by atoms with Gasteiger partial charge in [0.25, 0.3) is 11.1 Å². The molecule has 8 heteroatoms. The summed E-state index contributed by atoms with van der Waals surface area (Å²) < 4.78 is 5.15. The third-order valence-corrected chi connectivity index (χ3v) is 5.00. The van der Waals surface area contributed by atoms with E-state index in [0.717, 1.165) is 11.3 Å². The van der Waals surface area contributed by atoms with E-state index in [1.165, 1.54) is 17.8 Å². The van der Waals surface area contributed by atoms with Gasteiger partial charge in [0.05, 0.1) is 29.5 Å². The molecule has 140 valence electrons. The van der Waals surface area contributed by atoms with Crippen LogP contribution in [0.2, 0.25) is 0 Å². The molecule has 0 unspecified atom stereocenters. The first kappa shape index (κ1) is 18.0. The summed E-state index contributed by atoms with van der Waals surface area (Å²) in [4.78, 5) is 38.7. The number of ether oxygens (including phenoxy) is 1. The maximum Gasteiger partial charge on any atom is 0.258 e. The summed E-state index contributed by atoms with van der Waals surface area (Å²) in [6.07, 6.45) is 0. The molecule has 0 atom stereocenters. The van der Waals surface area contributed by atoms with Gasteiger partial charge in [0, 0.05) is 11.6 Å². The fourth-order valence-corrected chi connectivity index (χ4v) is 3.50. The van der Waals surface area contributed by atoms with Crippen LogP contribution in [0.4, 0.5) is 0 Å². The third-order valence-electron chi connectivity index (χ3n) is 4.11. The Balaban J connectivity index is 1.59. The Bertz CT molecular complexity index is 1250. The standard InChI is InChI=1S/C20H16N4O3S/c1-27-13-8-6-12(7-9-13)16-10-18(25)24-20(22-16)28-11-17-21-15-5-3-2-4-14(15)19(26)23-17/h2-10H,11H2,1H3,(H,21,23,26)(H,22,24,25). The second-order valence-electron chi connectivity index (χ2n) is 5.98. The van der Waals surface area contributed by atoms with Crippen LogP contribution < -0.4 is 15.9 Å². The van der Waals surface area contributed by atoms with Gasteiger partial charge in [-0.05, 0) is 36.4 Å². The van der Waals surface area contributed by atoms with Crippen LogP contribution >= 0.6 is 11.8 Å². The van der Waals surface area contributed by atoms with Crippen LogP contribution in [0.1, 0.15) is 5.82 Å². The number of aromatic nitrogens is 4. The average molecular weight is 392 g/mol. The normalized spacial score (nSPS) is 10.9. The SMILES string of the molecule is COc1ccc(-c2cc(=O)[nH]c(SCc3nc4ccccc4c(=O)[nH]3)n2)cc1. The number of benzene rings is 2. The molecule has 0 aliphatic carbocycles. The van der Waals surface area contributed by atoms with Gasteiger partial charge in [-0.15, -0.1) is 0 Å². The minimum Gasteiger partial charge on any atom is -0.497 e. The van der Waals surface area contributed by atoms with Crippen molar-refractivity contribution in [2.75, 3.05) is 7.11 Å². The number of hydrogen-bond acceptors (Lipinski definition) is 6. The lowest BCUT2D eigenvalue weighted by Crippen LogP contribution is -2.12. The molecule has 4 rings (SSSR count). The molecule has 0 saturated carbocycles. The maximum atomic E-state index is 12.2. The van der Waals surface area contributed by atoms with Gasteiger partial charge in [0.1, 0.15) is 11.6 Å². The number of thioether (sulfide) groups is 1. The highest BCUT2D eigenvalue weighted by molar-refractivity contribution is 7.98. The quantitative estimate of drug-likeness (QED) is 0.400. The summed E-state index contributed by atoms with van der Waals surface area (Å²) in [5, 5.41) is 0.999. The fraction of sp³-hybridized carbons (Fsp3) is 0.100. The van der Waals surface area contributed by atoms with Crippen molar-refractivity contribution >= 4 is 22.7 Å². The van der Waals surface area contributed by atoms with E-state index in [0.29, 0.717) is 33.3 Å². The summed E-state index contributed by atoms with van der Waals surface area (Å²) in [6.45, 7) is 0. The van der Waals surface area contributed by atoms with Crippen molar-refractivity contribution in [2.24, 2.45) is 0 Å². The molecule has 2 heterocycles. The largest absolute Gasteiger partial charge is 0.497 e. The minimum absolute atomic E-state index is 0.186. The predicted octanol–water partition coefficient (Wildman–Crippen LogP) is 2.97. The molecule has 2 N–H and O–H groups in total. The Labute approximate surface area is 163 Å². The van der Waals surface area contributed by atoms with Crippen molar-refractivity contribution in [3.63, 3.8) is 0 Å². The van der Waals surface area contributed by atoms with E-state index in [4.69, 9.17) is 4.74 Å². The number of methoxy groups -OCH3 is 1. The molecule has 2 aromatic heterocycles. The van der Waals surface area contributed by atoms with Gasteiger partial charge >= 0.3 is 0 Å². The van der Waals surface area contributed by atoms with E-state index < -0.39 is 0 Å². The fourth-order valence-electron chi connectivity index (χ4n) is 2.75. The van der Waals surface area contributed by atoms with E-state index in [1.54, 1.807) is 25.3 Å². The van der Waals surface area contributed by atoms with Crippen LogP contribution in [0.15, 0.2) is 69.3 Å². The van der Waals surface area contributed by atoms with Crippen LogP contribution in [0.3, 0.4) is 0 Å². The van der Waals surface area contributed by atoms with E-state index in [1.807, 2.05) is 30.3 Å². The molecule has 0 aliphatic rings. The number of rotatable bonds is 5. The number of aromatic amines is 2. The molecule has 4 aromatic rings. The number of para-hydroxylation sites is 1. The van der Waals surface area contributed by atoms with E-state index in [2.05, 4.69) is 19.9 Å². The lowest BCUT2D eigenvalue weighted by Gasteiger charge is -2.06. The van der Waals surface area contributed by atoms with Crippen molar-refractivity contribution in [3.8, 4) is 17.0 Å². The van der Waals surface area contributed by atoms with Crippen LogP contribution in [0.25, 0.3) is 22.2 Å². The summed E-state index contributed by atoms with van der Waals surface area (Å²) in [5.74, 6) is 1.62. The Hall–Kier alpha value is -3.39. The predicted molar refractivity (Wildman–Crippen MR) is 109 cm³/mol. The first-order valence-electron chi connectivity index (χ1n) is 8.49. The van der Waals surface area contributed by atoms with Crippen molar-refractivity contribution in [1.29, 1.82) is 0 Å². The summed E-state index contributed by atoms with van der Waals surface area (Å²) in [7, 11) is 1.60. The Kier molecular flexibility index (Phi) is 4.94. The highest BCUT2D eigenvalue weighted by Gasteiger charge is 2.08. The molecular weight excluding hydrogens is 376 g/mol. The Morgan fingerprint density at radius 3 is 2.57 bits per heavy atom. The van der Waals surface area contributed by atoms with E-state index >= 15 is 0 Å². The van der Waals surface area contributed by atoms with Crippen molar-refractivity contribution in [1.82, 2.24) is 19.9 Å². The van der Waals surface area contributed by atoms with E-state index in [-0.39, 0.29) is 11.1 Å². The smallest absolute Gasteiger partial charge is 0.258 e. The van der Waals surface area contributed by atoms with Crippen molar-refractivity contribution in [2.45, 2.75) is 10.9 Å². The van der Waals surface area contributed by atoms with Crippen LogP contribution in [-0.2, 0) is 5.75 Å². The molecule has 0 saturated heterocycles.